The second kappa shape index (κ2) is 10.5. The minimum Gasteiger partial charge on any atom is -0.356 e. The summed E-state index contributed by atoms with van der Waals surface area (Å²) in [5, 5.41) is 5.55. The Bertz CT molecular complexity index is 678. The van der Waals surface area contributed by atoms with Crippen LogP contribution in [0.15, 0.2) is 59.5 Å². The Balaban J connectivity index is 1.52. The van der Waals surface area contributed by atoms with Crippen LogP contribution in [0, 0.1) is 5.82 Å². The van der Waals surface area contributed by atoms with Gasteiger partial charge in [-0.25, -0.2) is 4.39 Å². The van der Waals surface area contributed by atoms with E-state index < -0.39 is 0 Å². The Hall–Kier alpha value is -2.34. The first-order valence-corrected chi connectivity index (χ1v) is 9.12. The Kier molecular flexibility index (Phi) is 7.98. The van der Waals surface area contributed by atoms with Gasteiger partial charge >= 0.3 is 0 Å². The average Bonchev–Trinajstić information content (AvgIpc) is 2.63. The predicted octanol–water partition coefficient (Wildman–Crippen LogP) is 3.24. The van der Waals surface area contributed by atoms with Crippen molar-refractivity contribution >= 4 is 23.6 Å². The van der Waals surface area contributed by atoms with Gasteiger partial charge in [-0.15, -0.1) is 11.8 Å². The van der Waals surface area contributed by atoms with E-state index in [0.29, 0.717) is 18.7 Å². The summed E-state index contributed by atoms with van der Waals surface area (Å²) >= 11 is 1.63. The lowest BCUT2D eigenvalue weighted by Gasteiger charge is -2.07. The Morgan fingerprint density at radius 2 is 1.64 bits per heavy atom. The summed E-state index contributed by atoms with van der Waals surface area (Å²) in [5.41, 5.74) is 0.584. The molecule has 0 unspecified atom stereocenters. The van der Waals surface area contributed by atoms with Crippen molar-refractivity contribution in [3.8, 4) is 0 Å². The van der Waals surface area contributed by atoms with Gasteiger partial charge in [-0.05, 0) is 48.6 Å². The van der Waals surface area contributed by atoms with Crippen LogP contribution in [0.4, 0.5) is 4.39 Å². The van der Waals surface area contributed by atoms with Gasteiger partial charge in [0.15, 0.2) is 0 Å². The highest BCUT2D eigenvalue weighted by atomic mass is 32.2. The van der Waals surface area contributed by atoms with Crippen LogP contribution in [-0.2, 0) is 4.79 Å². The normalized spacial score (nSPS) is 10.3. The first-order chi connectivity index (χ1) is 12.1. The van der Waals surface area contributed by atoms with E-state index in [4.69, 9.17) is 0 Å². The molecular formula is C19H21FN2O2S. The molecule has 0 saturated carbocycles. The van der Waals surface area contributed by atoms with Crippen molar-refractivity contribution in [2.75, 3.05) is 18.8 Å². The standard InChI is InChI=1S/C19H21FN2O2S/c20-16-7-9-17(10-8-16)25-14-4-12-21-18(23)11-13-22-19(24)15-5-2-1-3-6-15/h1-3,5-10H,4,11-14H2,(H,21,23)(H,22,24). The zero-order chi connectivity index (χ0) is 17.9. The highest BCUT2D eigenvalue weighted by Crippen LogP contribution is 2.18. The number of thioether (sulfide) groups is 1. The third-order valence-electron chi connectivity index (χ3n) is 3.40. The summed E-state index contributed by atoms with van der Waals surface area (Å²) in [7, 11) is 0. The summed E-state index contributed by atoms with van der Waals surface area (Å²) in [6, 6.07) is 15.3. The van der Waals surface area contributed by atoms with E-state index in [1.807, 2.05) is 6.07 Å². The third-order valence-corrected chi connectivity index (χ3v) is 4.50. The summed E-state index contributed by atoms with van der Waals surface area (Å²) in [4.78, 5) is 24.5. The van der Waals surface area contributed by atoms with E-state index in [2.05, 4.69) is 10.6 Å². The van der Waals surface area contributed by atoms with Gasteiger partial charge in [0.05, 0.1) is 0 Å². The van der Waals surface area contributed by atoms with E-state index in [1.165, 1.54) is 12.1 Å². The number of rotatable bonds is 9. The number of nitrogens with one attached hydrogen (secondary N) is 2. The van der Waals surface area contributed by atoms with Crippen LogP contribution in [0.1, 0.15) is 23.2 Å². The van der Waals surface area contributed by atoms with Crippen LogP contribution < -0.4 is 10.6 Å². The van der Waals surface area contributed by atoms with Crippen LogP contribution >= 0.6 is 11.8 Å². The first kappa shape index (κ1) is 19.0. The summed E-state index contributed by atoms with van der Waals surface area (Å²) in [5.74, 6) is 0.344. The van der Waals surface area contributed by atoms with Crippen molar-refractivity contribution in [1.29, 1.82) is 0 Å². The van der Waals surface area contributed by atoms with Crippen molar-refractivity contribution < 1.29 is 14.0 Å². The van der Waals surface area contributed by atoms with Crippen LogP contribution in [0.5, 0.6) is 0 Å². The molecule has 2 aromatic rings. The highest BCUT2D eigenvalue weighted by Gasteiger charge is 2.05. The SMILES string of the molecule is O=C(CCNC(=O)c1ccccc1)NCCCSc1ccc(F)cc1. The van der Waals surface area contributed by atoms with Crippen LogP contribution in [0.2, 0.25) is 0 Å². The predicted molar refractivity (Wildman–Crippen MR) is 98.1 cm³/mol. The van der Waals surface area contributed by atoms with Gasteiger partial charge in [-0.3, -0.25) is 9.59 Å². The van der Waals surface area contributed by atoms with Crippen LogP contribution in [-0.4, -0.2) is 30.7 Å². The molecule has 2 rings (SSSR count). The van der Waals surface area contributed by atoms with Gasteiger partial charge in [-0.1, -0.05) is 18.2 Å². The molecule has 0 heterocycles. The molecule has 0 saturated heterocycles. The molecule has 2 amide bonds. The Morgan fingerprint density at radius 3 is 2.36 bits per heavy atom. The number of hydrogen-bond donors (Lipinski definition) is 2. The number of halogens is 1. The molecule has 2 aromatic carbocycles. The van der Waals surface area contributed by atoms with Gasteiger partial charge in [0.1, 0.15) is 5.82 Å². The molecule has 0 aliphatic carbocycles. The van der Waals surface area contributed by atoms with E-state index >= 15 is 0 Å². The number of carbonyl (C=O) groups excluding carboxylic acids is 2. The van der Waals surface area contributed by atoms with Crippen molar-refractivity contribution in [2.45, 2.75) is 17.7 Å². The van der Waals surface area contributed by atoms with Gasteiger partial charge in [0.2, 0.25) is 5.91 Å². The lowest BCUT2D eigenvalue weighted by molar-refractivity contribution is -0.120. The lowest BCUT2D eigenvalue weighted by atomic mass is 10.2. The quantitative estimate of drug-likeness (QED) is 0.533. The van der Waals surface area contributed by atoms with Gasteiger partial charge in [-0.2, -0.15) is 0 Å². The zero-order valence-corrected chi connectivity index (χ0v) is 14.7. The van der Waals surface area contributed by atoms with E-state index in [0.717, 1.165) is 17.1 Å². The summed E-state index contributed by atoms with van der Waals surface area (Å²) in [6.07, 6.45) is 1.08. The fourth-order valence-electron chi connectivity index (χ4n) is 2.09. The molecule has 0 fully saturated rings. The number of carbonyl (C=O) groups is 2. The topological polar surface area (TPSA) is 58.2 Å². The number of benzene rings is 2. The maximum atomic E-state index is 12.8. The Labute approximate surface area is 151 Å². The van der Waals surface area contributed by atoms with Crippen molar-refractivity contribution in [1.82, 2.24) is 10.6 Å². The van der Waals surface area contributed by atoms with E-state index in [9.17, 15) is 14.0 Å². The number of hydrogen-bond acceptors (Lipinski definition) is 3. The average molecular weight is 360 g/mol. The van der Waals surface area contributed by atoms with E-state index in [1.54, 1.807) is 48.2 Å². The van der Waals surface area contributed by atoms with E-state index in [-0.39, 0.29) is 24.1 Å². The molecule has 4 nitrogen and oxygen atoms in total. The summed E-state index contributed by atoms with van der Waals surface area (Å²) < 4.78 is 12.8. The van der Waals surface area contributed by atoms with Crippen molar-refractivity contribution in [3.05, 3.63) is 66.0 Å². The minimum atomic E-state index is -0.240. The fraction of sp³-hybridized carbons (Fsp3) is 0.263. The van der Waals surface area contributed by atoms with Crippen molar-refractivity contribution in [2.24, 2.45) is 0 Å². The molecule has 0 bridgehead atoms. The molecule has 2 N–H and O–H groups in total. The van der Waals surface area contributed by atoms with Gasteiger partial charge in [0, 0.05) is 30.0 Å². The first-order valence-electron chi connectivity index (χ1n) is 8.13. The third kappa shape index (κ3) is 7.39. The molecule has 132 valence electrons. The Morgan fingerprint density at radius 1 is 0.920 bits per heavy atom. The van der Waals surface area contributed by atoms with Crippen LogP contribution in [0.3, 0.4) is 0 Å². The maximum absolute atomic E-state index is 12.8. The molecule has 6 heteroatoms. The second-order valence-electron chi connectivity index (χ2n) is 5.38. The molecule has 25 heavy (non-hydrogen) atoms. The highest BCUT2D eigenvalue weighted by molar-refractivity contribution is 7.99. The molecule has 0 radical (unpaired) electrons. The van der Waals surface area contributed by atoms with Gasteiger partial charge < -0.3 is 10.6 Å². The number of amides is 2. The van der Waals surface area contributed by atoms with Gasteiger partial charge in [0.25, 0.3) is 5.91 Å². The molecule has 0 spiro atoms. The fourth-order valence-corrected chi connectivity index (χ4v) is 2.94. The van der Waals surface area contributed by atoms with Crippen molar-refractivity contribution in [3.63, 3.8) is 0 Å². The smallest absolute Gasteiger partial charge is 0.251 e. The molecular weight excluding hydrogens is 339 g/mol. The minimum absolute atomic E-state index is 0.0832. The molecule has 0 atom stereocenters. The molecule has 0 aromatic heterocycles. The zero-order valence-electron chi connectivity index (χ0n) is 13.8. The van der Waals surface area contributed by atoms with Crippen LogP contribution in [0.25, 0.3) is 0 Å². The molecule has 0 aliphatic heterocycles. The monoisotopic (exact) mass is 360 g/mol. The summed E-state index contributed by atoms with van der Waals surface area (Å²) in [6.45, 7) is 0.892. The lowest BCUT2D eigenvalue weighted by Crippen LogP contribution is -2.31. The largest absolute Gasteiger partial charge is 0.356 e. The second-order valence-corrected chi connectivity index (χ2v) is 6.55. The maximum Gasteiger partial charge on any atom is 0.251 e. The molecule has 0 aliphatic rings.